The second-order valence-electron chi connectivity index (χ2n) is 5.95. The molecule has 1 N–H and O–H groups in total. The zero-order valence-electron chi connectivity index (χ0n) is 12.7. The summed E-state index contributed by atoms with van der Waals surface area (Å²) in [5.41, 5.74) is 0.269. The summed E-state index contributed by atoms with van der Waals surface area (Å²) in [5.74, 6) is 0.578. The lowest BCUT2D eigenvalue weighted by Gasteiger charge is -2.16. The monoisotopic (exact) mass is 294 g/mol. The highest BCUT2D eigenvalue weighted by molar-refractivity contribution is 5.92. The molecule has 0 saturated heterocycles. The van der Waals surface area contributed by atoms with E-state index >= 15 is 0 Å². The minimum Gasteiger partial charge on any atom is -0.469 e. The number of methoxy groups -OCH3 is 1. The predicted molar refractivity (Wildman–Crippen MR) is 75.8 cm³/mol. The zero-order chi connectivity index (χ0) is 15.4. The number of rotatable bonds is 7. The number of carbonyl (C=O) groups excluding carboxylic acids is 2. The van der Waals surface area contributed by atoms with Crippen molar-refractivity contribution >= 4 is 11.9 Å². The molecule has 21 heavy (non-hydrogen) atoms. The van der Waals surface area contributed by atoms with Gasteiger partial charge in [-0.1, -0.05) is 19.0 Å². The van der Waals surface area contributed by atoms with Crippen molar-refractivity contribution in [2.24, 2.45) is 11.8 Å². The van der Waals surface area contributed by atoms with E-state index in [-0.39, 0.29) is 30.0 Å². The Morgan fingerprint density at radius 1 is 1.48 bits per heavy atom. The largest absolute Gasteiger partial charge is 0.469 e. The Morgan fingerprint density at radius 3 is 2.76 bits per heavy atom. The summed E-state index contributed by atoms with van der Waals surface area (Å²) in [6.45, 7) is 4.30. The number of esters is 1. The molecule has 1 atom stereocenters. The average molecular weight is 294 g/mol. The van der Waals surface area contributed by atoms with Crippen LogP contribution in [0.25, 0.3) is 0 Å². The lowest BCUT2D eigenvalue weighted by Crippen LogP contribution is -2.34. The zero-order valence-corrected chi connectivity index (χ0v) is 12.7. The fourth-order valence-electron chi connectivity index (χ4n) is 2.26. The van der Waals surface area contributed by atoms with E-state index in [9.17, 15) is 9.59 Å². The van der Waals surface area contributed by atoms with Gasteiger partial charge in [-0.2, -0.15) is 0 Å². The average Bonchev–Trinajstić information content (AvgIpc) is 3.19. The van der Waals surface area contributed by atoms with Crippen LogP contribution in [0.3, 0.4) is 0 Å². The third-order valence-electron chi connectivity index (χ3n) is 3.54. The summed E-state index contributed by atoms with van der Waals surface area (Å²) in [6.07, 6.45) is 2.85. The van der Waals surface area contributed by atoms with Gasteiger partial charge in [-0.25, -0.2) is 0 Å². The van der Waals surface area contributed by atoms with E-state index < -0.39 is 0 Å². The molecule has 2 rings (SSSR count). The fourth-order valence-corrected chi connectivity index (χ4v) is 2.26. The Hall–Kier alpha value is -1.85. The van der Waals surface area contributed by atoms with E-state index in [1.165, 1.54) is 7.11 Å². The lowest BCUT2D eigenvalue weighted by molar-refractivity contribution is -0.145. The van der Waals surface area contributed by atoms with Crippen LogP contribution in [0.2, 0.25) is 0 Å². The van der Waals surface area contributed by atoms with Crippen LogP contribution in [0.15, 0.2) is 10.6 Å². The standard InChI is InChI=1S/C15H22N2O4/c1-9(2)6-11(15(19)20-3)8-16-14(18)12-7-13(21-17-12)10-4-5-10/h7,9-11H,4-6,8H2,1-3H3,(H,16,18)/t11-/m1/s1. The molecule has 1 aliphatic carbocycles. The molecule has 6 heteroatoms. The molecule has 116 valence electrons. The molecule has 1 fully saturated rings. The quantitative estimate of drug-likeness (QED) is 0.779. The molecule has 1 aromatic heterocycles. The minimum absolute atomic E-state index is 0.245. The van der Waals surface area contributed by atoms with Gasteiger partial charge in [0, 0.05) is 18.5 Å². The fraction of sp³-hybridized carbons (Fsp3) is 0.667. The Morgan fingerprint density at radius 2 is 2.19 bits per heavy atom. The van der Waals surface area contributed by atoms with Crippen molar-refractivity contribution in [2.75, 3.05) is 13.7 Å². The number of aromatic nitrogens is 1. The Kier molecular flexibility index (Phi) is 4.98. The van der Waals surface area contributed by atoms with Crippen molar-refractivity contribution < 1.29 is 18.8 Å². The third-order valence-corrected chi connectivity index (χ3v) is 3.54. The van der Waals surface area contributed by atoms with Crippen molar-refractivity contribution in [2.45, 2.75) is 39.0 Å². The number of hydrogen-bond acceptors (Lipinski definition) is 5. The normalized spacial score (nSPS) is 15.8. The van der Waals surface area contributed by atoms with Crippen LogP contribution >= 0.6 is 0 Å². The summed E-state index contributed by atoms with van der Waals surface area (Å²) in [7, 11) is 1.36. The SMILES string of the molecule is COC(=O)[C@@H](CNC(=O)c1cc(C2CC2)on1)CC(C)C. The molecular weight excluding hydrogens is 272 g/mol. The number of carbonyl (C=O) groups is 2. The summed E-state index contributed by atoms with van der Waals surface area (Å²) in [4.78, 5) is 23.7. The van der Waals surface area contributed by atoms with E-state index in [1.807, 2.05) is 13.8 Å². The van der Waals surface area contributed by atoms with E-state index in [1.54, 1.807) is 6.07 Å². The Labute approximate surface area is 124 Å². The van der Waals surface area contributed by atoms with Crippen LogP contribution in [0.1, 0.15) is 55.3 Å². The van der Waals surface area contributed by atoms with E-state index in [0.29, 0.717) is 18.3 Å². The molecule has 0 bridgehead atoms. The molecule has 1 saturated carbocycles. The van der Waals surface area contributed by atoms with Gasteiger partial charge in [-0.05, 0) is 25.2 Å². The molecule has 0 aromatic carbocycles. The molecule has 1 aliphatic rings. The van der Waals surface area contributed by atoms with Crippen molar-refractivity contribution in [1.29, 1.82) is 0 Å². The molecule has 0 radical (unpaired) electrons. The molecule has 1 heterocycles. The molecular formula is C15H22N2O4. The first-order valence-electron chi connectivity index (χ1n) is 7.34. The molecule has 6 nitrogen and oxygen atoms in total. The van der Waals surface area contributed by atoms with Gasteiger partial charge in [0.1, 0.15) is 5.76 Å². The predicted octanol–water partition coefficient (Wildman–Crippen LogP) is 2.12. The van der Waals surface area contributed by atoms with Crippen LogP contribution in [0, 0.1) is 11.8 Å². The minimum atomic E-state index is -0.339. The van der Waals surface area contributed by atoms with Gasteiger partial charge < -0.3 is 14.6 Å². The van der Waals surface area contributed by atoms with Gasteiger partial charge in [0.2, 0.25) is 0 Å². The van der Waals surface area contributed by atoms with Gasteiger partial charge in [0.05, 0.1) is 13.0 Å². The number of nitrogens with one attached hydrogen (secondary N) is 1. The Balaban J connectivity index is 1.89. The van der Waals surface area contributed by atoms with Crippen LogP contribution in [0.4, 0.5) is 0 Å². The van der Waals surface area contributed by atoms with Gasteiger partial charge in [-0.15, -0.1) is 0 Å². The maximum Gasteiger partial charge on any atom is 0.310 e. The van der Waals surface area contributed by atoms with E-state index in [2.05, 4.69) is 10.5 Å². The smallest absolute Gasteiger partial charge is 0.310 e. The second kappa shape index (κ2) is 6.74. The number of amides is 1. The maximum absolute atomic E-state index is 12.0. The van der Waals surface area contributed by atoms with Crippen molar-refractivity contribution in [3.63, 3.8) is 0 Å². The third kappa shape index (κ3) is 4.31. The molecule has 1 aromatic rings. The van der Waals surface area contributed by atoms with Gasteiger partial charge in [0.15, 0.2) is 5.69 Å². The summed E-state index contributed by atoms with van der Waals surface area (Å²) in [6, 6.07) is 1.68. The van der Waals surface area contributed by atoms with Gasteiger partial charge >= 0.3 is 5.97 Å². The van der Waals surface area contributed by atoms with Crippen LogP contribution in [-0.4, -0.2) is 30.7 Å². The molecule has 1 amide bonds. The second-order valence-corrected chi connectivity index (χ2v) is 5.95. The first kappa shape index (κ1) is 15.5. The van der Waals surface area contributed by atoms with E-state index in [4.69, 9.17) is 9.26 Å². The highest BCUT2D eigenvalue weighted by atomic mass is 16.5. The topological polar surface area (TPSA) is 81.4 Å². The first-order chi connectivity index (χ1) is 10.0. The highest BCUT2D eigenvalue weighted by Crippen LogP contribution is 2.40. The van der Waals surface area contributed by atoms with Crippen LogP contribution in [-0.2, 0) is 9.53 Å². The van der Waals surface area contributed by atoms with Gasteiger partial charge in [0.25, 0.3) is 5.91 Å². The van der Waals surface area contributed by atoms with Crippen molar-refractivity contribution in [3.05, 3.63) is 17.5 Å². The highest BCUT2D eigenvalue weighted by Gasteiger charge is 2.29. The number of nitrogens with zero attached hydrogens (tertiary/aromatic N) is 1. The summed E-state index contributed by atoms with van der Waals surface area (Å²) < 4.78 is 9.92. The number of ether oxygens (including phenoxy) is 1. The van der Waals surface area contributed by atoms with Crippen LogP contribution < -0.4 is 5.32 Å². The molecule has 0 unspecified atom stereocenters. The Bertz CT molecular complexity index is 506. The molecule has 0 spiro atoms. The maximum atomic E-state index is 12.0. The van der Waals surface area contributed by atoms with Crippen LogP contribution in [0.5, 0.6) is 0 Å². The first-order valence-corrected chi connectivity index (χ1v) is 7.34. The summed E-state index contributed by atoms with van der Waals surface area (Å²) in [5, 5.41) is 6.51. The number of hydrogen-bond donors (Lipinski definition) is 1. The van der Waals surface area contributed by atoms with E-state index in [0.717, 1.165) is 18.6 Å². The van der Waals surface area contributed by atoms with Crippen molar-refractivity contribution in [3.8, 4) is 0 Å². The lowest BCUT2D eigenvalue weighted by atomic mass is 9.97. The van der Waals surface area contributed by atoms with Crippen molar-refractivity contribution in [1.82, 2.24) is 10.5 Å². The van der Waals surface area contributed by atoms with Gasteiger partial charge in [-0.3, -0.25) is 9.59 Å². The summed E-state index contributed by atoms with van der Waals surface area (Å²) >= 11 is 0. The molecule has 0 aliphatic heterocycles.